The van der Waals surface area contributed by atoms with Crippen LogP contribution in [0.2, 0.25) is 0 Å². The fraction of sp³-hybridized carbons (Fsp3) is 0.300. The number of aliphatic imine (C=N–C) groups is 1. The zero-order valence-electron chi connectivity index (χ0n) is 16.0. The Morgan fingerprint density at radius 2 is 1.97 bits per heavy atom. The molecule has 0 radical (unpaired) electrons. The second-order valence-electron chi connectivity index (χ2n) is 6.16. The van der Waals surface area contributed by atoms with E-state index in [2.05, 4.69) is 20.4 Å². The van der Waals surface area contributed by atoms with Gasteiger partial charge in [0.15, 0.2) is 17.5 Å². The van der Waals surface area contributed by atoms with E-state index in [4.69, 9.17) is 14.7 Å². The number of guanidine groups is 1. The van der Waals surface area contributed by atoms with E-state index in [-0.39, 0.29) is 31.2 Å². The van der Waals surface area contributed by atoms with Crippen LogP contribution in [0.1, 0.15) is 23.6 Å². The molecule has 0 saturated carbocycles. The third kappa shape index (κ3) is 5.26. The van der Waals surface area contributed by atoms with E-state index in [0.717, 1.165) is 6.07 Å². The van der Waals surface area contributed by atoms with Crippen LogP contribution in [0, 0.1) is 17.1 Å². The van der Waals surface area contributed by atoms with Gasteiger partial charge in [-0.3, -0.25) is 0 Å². The quantitative estimate of drug-likeness (QED) is 0.528. The van der Waals surface area contributed by atoms with Crippen LogP contribution in [-0.2, 0) is 13.1 Å². The maximum Gasteiger partial charge on any atom is 0.387 e. The van der Waals surface area contributed by atoms with Gasteiger partial charge in [0.05, 0.1) is 18.2 Å². The number of ether oxygens (including phenoxy) is 3. The molecule has 0 spiro atoms. The molecule has 0 bridgehead atoms. The van der Waals surface area contributed by atoms with Gasteiger partial charge in [-0.2, -0.15) is 14.0 Å². The number of fused-ring (bicyclic) bond motifs is 1. The number of alkyl halides is 2. The summed E-state index contributed by atoms with van der Waals surface area (Å²) < 4.78 is 54.6. The maximum atomic E-state index is 14.1. The monoisotopic (exact) mass is 420 g/mol. The van der Waals surface area contributed by atoms with Gasteiger partial charge < -0.3 is 24.8 Å². The molecule has 2 N–H and O–H groups in total. The number of halogens is 3. The SMILES string of the molecule is CCNC(=NCc1cc2c(cc1OC(F)F)OCO2)NCc1ccc(C#N)cc1F. The average molecular weight is 420 g/mol. The molecule has 0 unspecified atom stereocenters. The summed E-state index contributed by atoms with van der Waals surface area (Å²) in [6, 6.07) is 8.93. The Morgan fingerprint density at radius 1 is 1.20 bits per heavy atom. The summed E-state index contributed by atoms with van der Waals surface area (Å²) in [6.07, 6.45) is 0. The van der Waals surface area contributed by atoms with E-state index in [1.54, 1.807) is 0 Å². The van der Waals surface area contributed by atoms with Crippen molar-refractivity contribution in [1.82, 2.24) is 10.6 Å². The molecular weight excluding hydrogens is 401 g/mol. The summed E-state index contributed by atoms with van der Waals surface area (Å²) >= 11 is 0. The molecule has 158 valence electrons. The number of rotatable bonds is 7. The van der Waals surface area contributed by atoms with Gasteiger partial charge >= 0.3 is 6.61 Å². The first-order valence-electron chi connectivity index (χ1n) is 9.08. The van der Waals surface area contributed by atoms with E-state index in [0.29, 0.717) is 35.1 Å². The van der Waals surface area contributed by atoms with Crippen LogP contribution < -0.4 is 24.8 Å². The molecule has 1 aliphatic heterocycles. The molecule has 1 aliphatic rings. The highest BCUT2D eigenvalue weighted by atomic mass is 19.3. The second kappa shape index (κ2) is 9.73. The molecule has 30 heavy (non-hydrogen) atoms. The van der Waals surface area contributed by atoms with Gasteiger partial charge in [0.2, 0.25) is 6.79 Å². The molecule has 0 atom stereocenters. The Kier molecular flexibility index (Phi) is 6.85. The highest BCUT2D eigenvalue weighted by Gasteiger charge is 2.20. The van der Waals surface area contributed by atoms with Gasteiger partial charge in [0, 0.05) is 30.3 Å². The van der Waals surface area contributed by atoms with Crippen LogP contribution in [0.3, 0.4) is 0 Å². The van der Waals surface area contributed by atoms with Gasteiger partial charge in [-0.15, -0.1) is 0 Å². The molecule has 0 saturated heterocycles. The molecular formula is C20H19F3N4O3. The Labute approximate surface area is 171 Å². The van der Waals surface area contributed by atoms with Crippen molar-refractivity contribution in [3.8, 4) is 23.3 Å². The molecule has 3 rings (SSSR count). The lowest BCUT2D eigenvalue weighted by Gasteiger charge is -2.14. The Bertz CT molecular complexity index is 976. The standard InChI is InChI=1S/C20H19F3N4O3/c1-2-25-20(26-9-13-4-3-12(8-24)5-15(13)21)27-10-14-6-17-18(29-11-28-17)7-16(14)30-19(22)23/h3-7,19H,2,9-11H2,1H3,(H2,25,26,27). The molecule has 0 aliphatic carbocycles. The Hall–Kier alpha value is -3.61. The first kappa shape index (κ1) is 21.1. The van der Waals surface area contributed by atoms with Crippen molar-refractivity contribution in [2.75, 3.05) is 13.3 Å². The zero-order chi connectivity index (χ0) is 21.5. The summed E-state index contributed by atoms with van der Waals surface area (Å²) in [4.78, 5) is 4.35. The number of benzene rings is 2. The number of nitrogens with one attached hydrogen (secondary N) is 2. The second-order valence-corrected chi connectivity index (χ2v) is 6.16. The highest BCUT2D eigenvalue weighted by molar-refractivity contribution is 5.79. The van der Waals surface area contributed by atoms with Crippen molar-refractivity contribution < 1.29 is 27.4 Å². The summed E-state index contributed by atoms with van der Waals surface area (Å²) in [5.41, 5.74) is 0.955. The van der Waals surface area contributed by atoms with Gasteiger partial charge in [-0.1, -0.05) is 6.07 Å². The number of nitriles is 1. The summed E-state index contributed by atoms with van der Waals surface area (Å²) in [5, 5.41) is 14.8. The molecule has 10 heteroatoms. The minimum atomic E-state index is -3.00. The normalized spacial score (nSPS) is 12.6. The predicted molar refractivity (Wildman–Crippen MR) is 102 cm³/mol. The topological polar surface area (TPSA) is 87.9 Å². The van der Waals surface area contributed by atoms with Gasteiger partial charge in [0.1, 0.15) is 11.6 Å². The summed E-state index contributed by atoms with van der Waals surface area (Å²) in [5.74, 6) is 0.508. The lowest BCUT2D eigenvalue weighted by molar-refractivity contribution is -0.0505. The fourth-order valence-corrected chi connectivity index (χ4v) is 2.74. The van der Waals surface area contributed by atoms with Crippen LogP contribution in [0.15, 0.2) is 35.3 Å². The van der Waals surface area contributed by atoms with E-state index >= 15 is 0 Å². The first-order chi connectivity index (χ1) is 14.5. The molecule has 2 aromatic carbocycles. The van der Waals surface area contributed by atoms with Crippen LogP contribution in [0.5, 0.6) is 17.2 Å². The lowest BCUT2D eigenvalue weighted by Crippen LogP contribution is -2.37. The van der Waals surface area contributed by atoms with Crippen molar-refractivity contribution in [2.45, 2.75) is 26.6 Å². The van der Waals surface area contributed by atoms with Crippen LogP contribution >= 0.6 is 0 Å². The molecule has 2 aromatic rings. The van der Waals surface area contributed by atoms with Crippen molar-refractivity contribution >= 4 is 5.96 Å². The largest absolute Gasteiger partial charge is 0.454 e. The fourth-order valence-electron chi connectivity index (χ4n) is 2.74. The zero-order valence-corrected chi connectivity index (χ0v) is 16.0. The van der Waals surface area contributed by atoms with E-state index in [1.165, 1.54) is 24.3 Å². The van der Waals surface area contributed by atoms with Gasteiger partial charge in [0.25, 0.3) is 0 Å². The van der Waals surface area contributed by atoms with Gasteiger partial charge in [-0.05, 0) is 25.1 Å². The van der Waals surface area contributed by atoms with E-state index in [9.17, 15) is 13.2 Å². The van der Waals surface area contributed by atoms with E-state index in [1.807, 2.05) is 13.0 Å². The lowest BCUT2D eigenvalue weighted by atomic mass is 10.1. The smallest absolute Gasteiger partial charge is 0.387 e. The number of nitrogens with zero attached hydrogens (tertiary/aromatic N) is 2. The van der Waals surface area contributed by atoms with Crippen LogP contribution in [0.25, 0.3) is 0 Å². The van der Waals surface area contributed by atoms with Crippen LogP contribution in [0.4, 0.5) is 13.2 Å². The molecule has 0 aromatic heterocycles. The number of hydrogen-bond donors (Lipinski definition) is 2. The highest BCUT2D eigenvalue weighted by Crippen LogP contribution is 2.39. The molecule has 0 fully saturated rings. The van der Waals surface area contributed by atoms with Crippen LogP contribution in [-0.4, -0.2) is 25.9 Å². The Balaban J connectivity index is 1.75. The average Bonchev–Trinajstić information content (AvgIpc) is 3.17. The first-order valence-corrected chi connectivity index (χ1v) is 9.08. The maximum absolute atomic E-state index is 14.1. The Morgan fingerprint density at radius 3 is 2.63 bits per heavy atom. The summed E-state index contributed by atoms with van der Waals surface area (Å²) in [7, 11) is 0. The van der Waals surface area contributed by atoms with E-state index < -0.39 is 12.4 Å². The molecule has 7 nitrogen and oxygen atoms in total. The van der Waals surface area contributed by atoms with Crippen molar-refractivity contribution in [3.63, 3.8) is 0 Å². The predicted octanol–water partition coefficient (Wildman–Crippen LogP) is 3.28. The van der Waals surface area contributed by atoms with Crippen molar-refractivity contribution in [2.24, 2.45) is 4.99 Å². The minimum absolute atomic E-state index is 0.00345. The third-order valence-corrected chi connectivity index (χ3v) is 4.15. The third-order valence-electron chi connectivity index (χ3n) is 4.15. The van der Waals surface area contributed by atoms with Crippen molar-refractivity contribution in [3.05, 3.63) is 52.8 Å². The minimum Gasteiger partial charge on any atom is -0.454 e. The molecule has 0 amide bonds. The number of hydrogen-bond acceptors (Lipinski definition) is 5. The van der Waals surface area contributed by atoms with Gasteiger partial charge in [-0.25, -0.2) is 9.38 Å². The van der Waals surface area contributed by atoms with Crippen molar-refractivity contribution in [1.29, 1.82) is 5.26 Å². The summed E-state index contributed by atoms with van der Waals surface area (Å²) in [6.45, 7) is -0.501. The molecule has 1 heterocycles.